The number of aliphatic hydroxyl groups is 1. The van der Waals surface area contributed by atoms with Crippen molar-refractivity contribution >= 4 is 44.1 Å². The van der Waals surface area contributed by atoms with Crippen LogP contribution in [0, 0.1) is 0 Å². The van der Waals surface area contributed by atoms with Crippen LogP contribution in [0.1, 0.15) is 17.2 Å². The van der Waals surface area contributed by atoms with Gasteiger partial charge in [0.15, 0.2) is 9.84 Å². The molecule has 0 saturated heterocycles. The van der Waals surface area contributed by atoms with Crippen molar-refractivity contribution in [2.75, 3.05) is 12.9 Å². The molecule has 10 heteroatoms. The Hall–Kier alpha value is -1.35. The fourth-order valence-corrected chi connectivity index (χ4v) is 3.97. The van der Waals surface area contributed by atoms with E-state index in [2.05, 4.69) is 9.97 Å². The van der Waals surface area contributed by atoms with Crippen LogP contribution in [0.4, 0.5) is 0 Å². The number of benzene rings is 1. The molecule has 7 nitrogen and oxygen atoms in total. The SMILES string of the molecule is CS(=O)(=O)C(CCO)c1c(Cl)c(Cl)cc2[nH]c(=O)c(=O)[nH]c12. The predicted octanol–water partition coefficient (Wildman–Crippen LogP) is 0.991. The van der Waals surface area contributed by atoms with Gasteiger partial charge in [-0.3, -0.25) is 9.59 Å². The lowest BCUT2D eigenvalue weighted by atomic mass is 10.1. The minimum absolute atomic E-state index is 0.0263. The zero-order valence-electron chi connectivity index (χ0n) is 11.3. The molecule has 1 aromatic carbocycles. The van der Waals surface area contributed by atoms with Gasteiger partial charge in [0.1, 0.15) is 0 Å². The van der Waals surface area contributed by atoms with Gasteiger partial charge in [0.2, 0.25) is 0 Å². The van der Waals surface area contributed by atoms with E-state index in [9.17, 15) is 18.0 Å². The average molecular weight is 367 g/mol. The first-order chi connectivity index (χ1) is 10.2. The molecule has 3 N–H and O–H groups in total. The summed E-state index contributed by atoms with van der Waals surface area (Å²) >= 11 is 12.1. The van der Waals surface area contributed by atoms with Gasteiger partial charge in [0.05, 0.1) is 26.3 Å². The number of halogens is 2. The smallest absolute Gasteiger partial charge is 0.314 e. The summed E-state index contributed by atoms with van der Waals surface area (Å²) in [5, 5.41) is 7.92. The highest BCUT2D eigenvalue weighted by molar-refractivity contribution is 7.90. The van der Waals surface area contributed by atoms with Crippen molar-refractivity contribution < 1.29 is 13.5 Å². The maximum atomic E-state index is 12.0. The number of aromatic amines is 2. The highest BCUT2D eigenvalue weighted by Crippen LogP contribution is 2.39. The fourth-order valence-electron chi connectivity index (χ4n) is 2.22. The Labute approximate surface area is 134 Å². The van der Waals surface area contributed by atoms with Crippen molar-refractivity contribution in [1.29, 1.82) is 0 Å². The summed E-state index contributed by atoms with van der Waals surface area (Å²) in [7, 11) is -3.65. The fraction of sp³-hybridized carbons (Fsp3) is 0.333. The lowest BCUT2D eigenvalue weighted by Gasteiger charge is -2.18. The molecule has 0 spiro atoms. The van der Waals surface area contributed by atoms with Gasteiger partial charge in [-0.2, -0.15) is 0 Å². The normalized spacial score (nSPS) is 13.5. The van der Waals surface area contributed by atoms with Crippen LogP contribution in [-0.4, -0.2) is 36.4 Å². The van der Waals surface area contributed by atoms with Gasteiger partial charge in [0, 0.05) is 18.4 Å². The third-order valence-corrected chi connectivity index (χ3v) is 5.49. The van der Waals surface area contributed by atoms with Crippen LogP contribution in [-0.2, 0) is 9.84 Å². The molecule has 0 bridgehead atoms. The van der Waals surface area contributed by atoms with Crippen LogP contribution in [0.5, 0.6) is 0 Å². The molecule has 1 unspecified atom stereocenters. The molecule has 2 aromatic rings. The summed E-state index contributed by atoms with van der Waals surface area (Å²) in [4.78, 5) is 27.6. The van der Waals surface area contributed by atoms with Crippen molar-refractivity contribution in [3.63, 3.8) is 0 Å². The van der Waals surface area contributed by atoms with Gasteiger partial charge in [-0.05, 0) is 12.5 Å². The van der Waals surface area contributed by atoms with E-state index in [-0.39, 0.29) is 33.1 Å². The summed E-state index contributed by atoms with van der Waals surface area (Å²) < 4.78 is 24.0. The molecule has 2 rings (SSSR count). The van der Waals surface area contributed by atoms with Crippen LogP contribution >= 0.6 is 23.2 Å². The minimum Gasteiger partial charge on any atom is -0.396 e. The molecular formula is C12H12Cl2N2O5S. The van der Waals surface area contributed by atoms with E-state index in [0.717, 1.165) is 6.26 Å². The summed E-state index contributed by atoms with van der Waals surface area (Å²) in [5.74, 6) is 0. The van der Waals surface area contributed by atoms with Crippen molar-refractivity contribution in [2.24, 2.45) is 0 Å². The molecule has 1 atom stereocenters. The van der Waals surface area contributed by atoms with E-state index in [1.54, 1.807) is 0 Å². The highest BCUT2D eigenvalue weighted by atomic mass is 35.5. The van der Waals surface area contributed by atoms with E-state index < -0.39 is 32.8 Å². The Morgan fingerprint density at radius 3 is 2.36 bits per heavy atom. The molecule has 1 aromatic heterocycles. The first kappa shape index (κ1) is 17.0. The number of fused-ring (bicyclic) bond motifs is 1. The molecule has 0 aliphatic rings. The van der Waals surface area contributed by atoms with Crippen LogP contribution in [0.25, 0.3) is 11.0 Å². The Bertz CT molecular complexity index is 948. The number of sulfone groups is 1. The first-order valence-corrected chi connectivity index (χ1v) is 8.81. The van der Waals surface area contributed by atoms with E-state index in [4.69, 9.17) is 28.3 Å². The average Bonchev–Trinajstić information content (AvgIpc) is 2.40. The number of hydrogen-bond donors (Lipinski definition) is 3. The third-order valence-electron chi connectivity index (χ3n) is 3.18. The maximum absolute atomic E-state index is 12.0. The Morgan fingerprint density at radius 2 is 1.82 bits per heavy atom. The number of aliphatic hydroxyl groups excluding tert-OH is 1. The molecule has 120 valence electrons. The van der Waals surface area contributed by atoms with Gasteiger partial charge >= 0.3 is 11.1 Å². The number of hydrogen-bond acceptors (Lipinski definition) is 5. The quantitative estimate of drug-likeness (QED) is 0.696. The molecule has 0 saturated carbocycles. The van der Waals surface area contributed by atoms with Gasteiger partial charge < -0.3 is 15.1 Å². The van der Waals surface area contributed by atoms with Crippen molar-refractivity contribution in [1.82, 2.24) is 9.97 Å². The predicted molar refractivity (Wildman–Crippen MR) is 84.5 cm³/mol. The lowest BCUT2D eigenvalue weighted by molar-refractivity contribution is 0.286. The van der Waals surface area contributed by atoms with Crippen molar-refractivity contribution in [2.45, 2.75) is 11.7 Å². The summed E-state index contributed by atoms with van der Waals surface area (Å²) in [6, 6.07) is 1.32. The molecule has 0 aliphatic heterocycles. The second-order valence-corrected chi connectivity index (χ2v) is 7.76. The van der Waals surface area contributed by atoms with Crippen LogP contribution in [0.2, 0.25) is 10.0 Å². The standard InChI is InChI=1S/C12H12Cl2N2O5S/c1-22(20,21)7(2-3-17)8-9(14)5(13)4-6-10(8)16-12(19)11(18)15-6/h4,7,17H,2-3H2,1H3,(H,15,18)(H,16,19). The molecule has 0 amide bonds. The third kappa shape index (κ3) is 3.05. The first-order valence-electron chi connectivity index (χ1n) is 6.10. The Kier molecular flexibility index (Phi) is 4.67. The Morgan fingerprint density at radius 1 is 1.23 bits per heavy atom. The monoisotopic (exact) mass is 366 g/mol. The zero-order valence-corrected chi connectivity index (χ0v) is 13.6. The van der Waals surface area contributed by atoms with E-state index in [1.165, 1.54) is 6.07 Å². The van der Waals surface area contributed by atoms with Crippen LogP contribution in [0.3, 0.4) is 0 Å². The molecule has 0 radical (unpaired) electrons. The second kappa shape index (κ2) is 6.04. The summed E-state index contributed by atoms with van der Waals surface area (Å²) in [6.07, 6.45) is 0.856. The van der Waals surface area contributed by atoms with Gasteiger partial charge in [-0.25, -0.2) is 8.42 Å². The second-order valence-electron chi connectivity index (χ2n) is 4.75. The largest absolute Gasteiger partial charge is 0.396 e. The van der Waals surface area contributed by atoms with Crippen LogP contribution in [0.15, 0.2) is 15.7 Å². The van der Waals surface area contributed by atoms with Gasteiger partial charge in [0.25, 0.3) is 0 Å². The van der Waals surface area contributed by atoms with Gasteiger partial charge in [-0.1, -0.05) is 23.2 Å². The number of aromatic nitrogens is 2. The number of nitrogens with one attached hydrogen (secondary N) is 2. The van der Waals surface area contributed by atoms with E-state index in [0.29, 0.717) is 0 Å². The zero-order chi connectivity index (χ0) is 16.7. The van der Waals surface area contributed by atoms with E-state index in [1.807, 2.05) is 0 Å². The number of rotatable bonds is 4. The number of H-pyrrole nitrogens is 2. The molecule has 0 fully saturated rings. The maximum Gasteiger partial charge on any atom is 0.314 e. The summed E-state index contributed by atoms with van der Waals surface area (Å²) in [5.41, 5.74) is -1.56. The summed E-state index contributed by atoms with van der Waals surface area (Å²) in [6.45, 7) is -0.407. The molecule has 1 heterocycles. The van der Waals surface area contributed by atoms with Crippen LogP contribution < -0.4 is 11.1 Å². The molecule has 0 aliphatic carbocycles. The molecule has 22 heavy (non-hydrogen) atoms. The lowest BCUT2D eigenvalue weighted by Crippen LogP contribution is -2.29. The Balaban J connectivity index is 2.97. The topological polar surface area (TPSA) is 120 Å². The van der Waals surface area contributed by atoms with Gasteiger partial charge in [-0.15, -0.1) is 0 Å². The van der Waals surface area contributed by atoms with E-state index >= 15 is 0 Å². The van der Waals surface area contributed by atoms with Crippen molar-refractivity contribution in [3.8, 4) is 0 Å². The highest BCUT2D eigenvalue weighted by Gasteiger charge is 2.28. The minimum atomic E-state index is -3.65. The molecular weight excluding hydrogens is 355 g/mol. The van der Waals surface area contributed by atoms with Crippen molar-refractivity contribution in [3.05, 3.63) is 42.4 Å².